The molecule has 0 aliphatic rings. The molecule has 0 radical (unpaired) electrons. The maximum Gasteiger partial charge on any atom is 0.313 e. The Hall–Kier alpha value is -2.64. The van der Waals surface area contributed by atoms with Gasteiger partial charge in [-0.1, -0.05) is 23.7 Å². The van der Waals surface area contributed by atoms with E-state index in [0.717, 1.165) is 5.56 Å². The Morgan fingerprint density at radius 3 is 2.54 bits per heavy atom. The summed E-state index contributed by atoms with van der Waals surface area (Å²) in [6, 6.07) is 11.5. The van der Waals surface area contributed by atoms with Crippen molar-refractivity contribution in [3.8, 4) is 11.5 Å². The van der Waals surface area contributed by atoms with Crippen LogP contribution in [0.15, 0.2) is 42.5 Å². The molecule has 1 N–H and O–H groups in total. The van der Waals surface area contributed by atoms with Gasteiger partial charge in [0.25, 0.3) is 0 Å². The molecule has 7 nitrogen and oxygen atoms in total. The number of nitrogens with one attached hydrogen (secondary N) is 1. The Morgan fingerprint density at radius 2 is 1.92 bits per heavy atom. The number of nitro groups is 1. The monoisotopic (exact) mass is 377 g/mol. The zero-order valence-corrected chi connectivity index (χ0v) is 15.3. The molecule has 138 valence electrons. The van der Waals surface area contributed by atoms with Gasteiger partial charge >= 0.3 is 5.69 Å². The number of hydrogen-bond acceptors (Lipinski definition) is 5. The number of benzene rings is 2. The number of ether oxygens (including phenoxy) is 1. The van der Waals surface area contributed by atoms with E-state index in [2.05, 4.69) is 5.32 Å². The number of halogens is 1. The van der Waals surface area contributed by atoms with Gasteiger partial charge in [0.1, 0.15) is 5.75 Å². The zero-order chi connectivity index (χ0) is 19.1. The van der Waals surface area contributed by atoms with Gasteiger partial charge in [-0.3, -0.25) is 14.9 Å². The highest BCUT2D eigenvalue weighted by molar-refractivity contribution is 6.30. The topological polar surface area (TPSA) is 84.7 Å². The number of nitrogens with zero attached hydrogens (tertiary/aromatic N) is 2. The van der Waals surface area contributed by atoms with Gasteiger partial charge in [-0.05, 0) is 29.8 Å². The molecule has 0 atom stereocenters. The van der Waals surface area contributed by atoms with Gasteiger partial charge in [-0.25, -0.2) is 0 Å². The molecule has 26 heavy (non-hydrogen) atoms. The fraction of sp³-hybridized carbons (Fsp3) is 0.278. The van der Waals surface area contributed by atoms with Crippen molar-refractivity contribution in [2.24, 2.45) is 0 Å². The second-order valence-corrected chi connectivity index (χ2v) is 6.27. The summed E-state index contributed by atoms with van der Waals surface area (Å²) in [5, 5.41) is 14.6. The first-order valence-electron chi connectivity index (χ1n) is 7.98. The van der Waals surface area contributed by atoms with Crippen molar-refractivity contribution in [3.63, 3.8) is 0 Å². The van der Waals surface area contributed by atoms with Gasteiger partial charge in [0.15, 0.2) is 0 Å². The van der Waals surface area contributed by atoms with Gasteiger partial charge < -0.3 is 15.0 Å². The molecule has 0 spiro atoms. The van der Waals surface area contributed by atoms with E-state index < -0.39 is 4.92 Å². The van der Waals surface area contributed by atoms with Crippen molar-refractivity contribution in [3.05, 3.63) is 63.2 Å². The Balaban J connectivity index is 1.92. The van der Waals surface area contributed by atoms with E-state index in [1.165, 1.54) is 18.2 Å². The zero-order valence-electron chi connectivity index (χ0n) is 14.6. The predicted octanol–water partition coefficient (Wildman–Crippen LogP) is 3.61. The molecular weight excluding hydrogens is 358 g/mol. The molecule has 0 aliphatic heterocycles. The van der Waals surface area contributed by atoms with E-state index in [1.54, 1.807) is 31.1 Å². The van der Waals surface area contributed by atoms with Gasteiger partial charge in [0.2, 0.25) is 11.7 Å². The summed E-state index contributed by atoms with van der Waals surface area (Å²) in [4.78, 5) is 23.6. The van der Waals surface area contributed by atoms with Gasteiger partial charge in [0.05, 0.1) is 4.92 Å². The van der Waals surface area contributed by atoms with Gasteiger partial charge in [-0.2, -0.15) is 0 Å². The molecule has 0 unspecified atom stereocenters. The number of rotatable bonds is 8. The smallest absolute Gasteiger partial charge is 0.313 e. The number of amides is 1. The highest BCUT2D eigenvalue weighted by Gasteiger charge is 2.16. The van der Waals surface area contributed by atoms with Gasteiger partial charge in [-0.15, -0.1) is 0 Å². The van der Waals surface area contributed by atoms with Crippen LogP contribution in [0.3, 0.4) is 0 Å². The molecule has 2 aromatic rings. The summed E-state index contributed by atoms with van der Waals surface area (Å²) in [5.41, 5.74) is 0.828. The first-order valence-corrected chi connectivity index (χ1v) is 8.36. The number of carbonyl (C=O) groups is 1. The quantitative estimate of drug-likeness (QED) is 0.431. The molecule has 0 saturated carbocycles. The second-order valence-electron chi connectivity index (χ2n) is 5.83. The standard InChI is InChI=1S/C18H20ClN3O4/c1-21(2)18(23)9-10-20-12-13-3-6-15(7-4-13)26-17-8-5-14(19)11-16(17)22(24)25/h3-8,11,20H,9-10,12H2,1-2H3. The molecule has 8 heteroatoms. The minimum atomic E-state index is -0.533. The highest BCUT2D eigenvalue weighted by atomic mass is 35.5. The summed E-state index contributed by atoms with van der Waals surface area (Å²) >= 11 is 5.79. The largest absolute Gasteiger partial charge is 0.450 e. The minimum absolute atomic E-state index is 0.0748. The van der Waals surface area contributed by atoms with Crippen molar-refractivity contribution < 1.29 is 14.5 Å². The van der Waals surface area contributed by atoms with Crippen LogP contribution in [0.1, 0.15) is 12.0 Å². The van der Waals surface area contributed by atoms with Gasteiger partial charge in [0, 0.05) is 44.7 Å². The summed E-state index contributed by atoms with van der Waals surface area (Å²) in [7, 11) is 3.46. The average Bonchev–Trinajstić information content (AvgIpc) is 2.61. The van der Waals surface area contributed by atoms with Crippen LogP contribution in [0.4, 0.5) is 5.69 Å². The van der Waals surface area contributed by atoms with Crippen molar-refractivity contribution in [2.75, 3.05) is 20.6 Å². The lowest BCUT2D eigenvalue weighted by Gasteiger charge is -2.11. The van der Waals surface area contributed by atoms with E-state index >= 15 is 0 Å². The number of nitro benzene ring substituents is 1. The Kier molecular flexibility index (Phi) is 6.94. The lowest BCUT2D eigenvalue weighted by molar-refractivity contribution is -0.385. The van der Waals surface area contributed by atoms with Crippen LogP contribution >= 0.6 is 11.6 Å². The summed E-state index contributed by atoms with van der Waals surface area (Å²) in [5.74, 6) is 0.695. The van der Waals surface area contributed by atoms with E-state index in [9.17, 15) is 14.9 Å². The normalized spacial score (nSPS) is 10.4. The maximum absolute atomic E-state index is 11.5. The maximum atomic E-state index is 11.5. The fourth-order valence-corrected chi connectivity index (χ4v) is 2.34. The first-order chi connectivity index (χ1) is 12.4. The van der Waals surface area contributed by atoms with Crippen molar-refractivity contribution >= 4 is 23.2 Å². The number of carbonyl (C=O) groups excluding carboxylic acids is 1. The third kappa shape index (κ3) is 5.72. The molecule has 0 aromatic heterocycles. The molecule has 0 saturated heterocycles. The molecule has 0 fully saturated rings. The van der Waals surface area contributed by atoms with Crippen LogP contribution in [0.2, 0.25) is 5.02 Å². The minimum Gasteiger partial charge on any atom is -0.450 e. The van der Waals surface area contributed by atoms with Crippen molar-refractivity contribution in [1.29, 1.82) is 0 Å². The third-order valence-corrected chi connectivity index (χ3v) is 3.85. The van der Waals surface area contributed by atoms with E-state index in [-0.39, 0.29) is 22.4 Å². The van der Waals surface area contributed by atoms with Crippen molar-refractivity contribution in [2.45, 2.75) is 13.0 Å². The molecule has 2 aromatic carbocycles. The van der Waals surface area contributed by atoms with E-state index in [0.29, 0.717) is 25.3 Å². The van der Waals surface area contributed by atoms with Crippen molar-refractivity contribution in [1.82, 2.24) is 10.2 Å². The molecule has 0 bridgehead atoms. The van der Waals surface area contributed by atoms with E-state index in [1.807, 2.05) is 12.1 Å². The Bertz CT molecular complexity index is 779. The SMILES string of the molecule is CN(C)C(=O)CCNCc1ccc(Oc2ccc(Cl)cc2[N+](=O)[O-])cc1. The second kappa shape index (κ2) is 9.17. The Morgan fingerprint density at radius 1 is 1.23 bits per heavy atom. The van der Waals surface area contributed by atoms with Crippen LogP contribution < -0.4 is 10.1 Å². The van der Waals surface area contributed by atoms with Crippen LogP contribution in [-0.2, 0) is 11.3 Å². The summed E-state index contributed by atoms with van der Waals surface area (Å²) < 4.78 is 5.59. The highest BCUT2D eigenvalue weighted by Crippen LogP contribution is 2.33. The summed E-state index contributed by atoms with van der Waals surface area (Å²) in [6.45, 7) is 1.20. The average molecular weight is 378 g/mol. The van der Waals surface area contributed by atoms with Crippen LogP contribution in [0.5, 0.6) is 11.5 Å². The van der Waals surface area contributed by atoms with E-state index in [4.69, 9.17) is 16.3 Å². The number of hydrogen-bond donors (Lipinski definition) is 1. The molecular formula is C18H20ClN3O4. The summed E-state index contributed by atoms with van der Waals surface area (Å²) in [6.07, 6.45) is 0.439. The fourth-order valence-electron chi connectivity index (χ4n) is 2.17. The molecule has 2 rings (SSSR count). The van der Waals surface area contributed by atoms with Crippen LogP contribution in [-0.4, -0.2) is 36.4 Å². The third-order valence-electron chi connectivity index (χ3n) is 3.61. The molecule has 0 heterocycles. The van der Waals surface area contributed by atoms with Crippen LogP contribution in [0.25, 0.3) is 0 Å². The lowest BCUT2D eigenvalue weighted by Crippen LogP contribution is -2.26. The predicted molar refractivity (Wildman–Crippen MR) is 99.6 cm³/mol. The molecule has 0 aliphatic carbocycles. The van der Waals surface area contributed by atoms with Crippen LogP contribution in [0, 0.1) is 10.1 Å². The first kappa shape index (κ1) is 19.7. The Labute approximate surface area is 156 Å². The lowest BCUT2D eigenvalue weighted by atomic mass is 10.2. The molecule has 1 amide bonds.